The van der Waals surface area contributed by atoms with Crippen LogP contribution in [0.3, 0.4) is 0 Å². The van der Waals surface area contributed by atoms with Crippen LogP contribution in [0, 0.1) is 12.8 Å². The second kappa shape index (κ2) is 6.28. The summed E-state index contributed by atoms with van der Waals surface area (Å²) in [5.41, 5.74) is 7.72. The Morgan fingerprint density at radius 2 is 1.94 bits per heavy atom. The first-order chi connectivity index (χ1) is 8.72. The van der Waals surface area contributed by atoms with Crippen LogP contribution in [-0.4, -0.2) is 9.97 Å². The van der Waals surface area contributed by atoms with Gasteiger partial charge in [-0.15, -0.1) is 0 Å². The van der Waals surface area contributed by atoms with Gasteiger partial charge in [0, 0.05) is 18.2 Å². The van der Waals surface area contributed by atoms with Crippen LogP contribution in [0.4, 0.5) is 0 Å². The first-order valence-corrected chi connectivity index (χ1v) is 7.27. The molecule has 0 radical (unpaired) electrons. The van der Waals surface area contributed by atoms with E-state index in [-0.39, 0.29) is 0 Å². The Morgan fingerprint density at radius 1 is 1.22 bits per heavy atom. The van der Waals surface area contributed by atoms with Crippen LogP contribution in [-0.2, 0) is 6.54 Å². The topological polar surface area (TPSA) is 51.8 Å². The average molecular weight is 247 g/mol. The fraction of sp³-hybridized carbons (Fsp3) is 0.733. The zero-order valence-electron chi connectivity index (χ0n) is 11.7. The highest BCUT2D eigenvalue weighted by molar-refractivity contribution is 5.12. The highest BCUT2D eigenvalue weighted by atomic mass is 14.9. The minimum Gasteiger partial charge on any atom is -0.325 e. The highest BCUT2D eigenvalue weighted by Crippen LogP contribution is 2.36. The quantitative estimate of drug-likeness (QED) is 0.888. The smallest absolute Gasteiger partial charge is 0.131 e. The molecule has 0 atom stereocenters. The summed E-state index contributed by atoms with van der Waals surface area (Å²) in [5.74, 6) is 2.53. The molecule has 2 rings (SSSR count). The van der Waals surface area contributed by atoms with Gasteiger partial charge in [-0.1, -0.05) is 19.8 Å². The lowest BCUT2D eigenvalue weighted by molar-refractivity contribution is 0.302. The van der Waals surface area contributed by atoms with Crippen LogP contribution in [0.5, 0.6) is 0 Å². The number of hydrogen-bond acceptors (Lipinski definition) is 3. The molecule has 1 aromatic heterocycles. The molecule has 100 valence electrons. The van der Waals surface area contributed by atoms with Crippen molar-refractivity contribution in [2.24, 2.45) is 11.7 Å². The molecule has 1 aliphatic carbocycles. The molecule has 0 aromatic carbocycles. The van der Waals surface area contributed by atoms with Crippen LogP contribution in [0.25, 0.3) is 0 Å². The summed E-state index contributed by atoms with van der Waals surface area (Å²) in [5, 5.41) is 0. The molecule has 1 fully saturated rings. The summed E-state index contributed by atoms with van der Waals surface area (Å²) < 4.78 is 0. The average Bonchev–Trinajstić information content (AvgIpc) is 2.39. The standard InChI is InChI=1S/C15H25N3/c1-3-4-12-5-7-13(8-6-12)15-17-11(2)9-14(10-16)18-15/h9,12-13H,3-8,10,16H2,1-2H3. The first-order valence-electron chi connectivity index (χ1n) is 7.27. The third-order valence-corrected chi connectivity index (χ3v) is 4.04. The maximum absolute atomic E-state index is 5.69. The van der Waals surface area contributed by atoms with E-state index >= 15 is 0 Å². The maximum Gasteiger partial charge on any atom is 0.131 e. The zero-order valence-corrected chi connectivity index (χ0v) is 11.7. The van der Waals surface area contributed by atoms with Gasteiger partial charge in [0.25, 0.3) is 0 Å². The summed E-state index contributed by atoms with van der Waals surface area (Å²) in [6, 6.07) is 1.99. The molecule has 18 heavy (non-hydrogen) atoms. The van der Waals surface area contributed by atoms with Gasteiger partial charge in [-0.3, -0.25) is 0 Å². The molecule has 0 aliphatic heterocycles. The number of nitrogens with two attached hydrogens (primary N) is 1. The molecule has 1 aliphatic rings. The van der Waals surface area contributed by atoms with Crippen molar-refractivity contribution in [3.05, 3.63) is 23.3 Å². The van der Waals surface area contributed by atoms with Gasteiger partial charge in [0.2, 0.25) is 0 Å². The van der Waals surface area contributed by atoms with Gasteiger partial charge < -0.3 is 5.73 Å². The summed E-state index contributed by atoms with van der Waals surface area (Å²) in [6.07, 6.45) is 7.88. The van der Waals surface area contributed by atoms with Gasteiger partial charge in [0.05, 0.1) is 5.69 Å². The lowest BCUT2D eigenvalue weighted by Gasteiger charge is -2.27. The van der Waals surface area contributed by atoms with E-state index in [1.807, 2.05) is 13.0 Å². The molecule has 3 nitrogen and oxygen atoms in total. The number of hydrogen-bond donors (Lipinski definition) is 1. The Morgan fingerprint density at radius 3 is 2.56 bits per heavy atom. The van der Waals surface area contributed by atoms with Crippen molar-refractivity contribution in [3.8, 4) is 0 Å². The fourth-order valence-corrected chi connectivity index (χ4v) is 3.06. The molecule has 0 saturated heterocycles. The number of rotatable bonds is 4. The van der Waals surface area contributed by atoms with Gasteiger partial charge in [-0.05, 0) is 44.6 Å². The van der Waals surface area contributed by atoms with E-state index in [0.717, 1.165) is 23.1 Å². The molecule has 0 amide bonds. The Hall–Kier alpha value is -0.960. The molecule has 1 aromatic rings. The third-order valence-electron chi connectivity index (χ3n) is 4.04. The van der Waals surface area contributed by atoms with Gasteiger partial charge in [-0.2, -0.15) is 0 Å². The third kappa shape index (κ3) is 3.29. The van der Waals surface area contributed by atoms with Crippen molar-refractivity contribution >= 4 is 0 Å². The lowest BCUT2D eigenvalue weighted by atomic mass is 9.79. The second-order valence-electron chi connectivity index (χ2n) is 5.57. The fourth-order valence-electron chi connectivity index (χ4n) is 3.06. The summed E-state index contributed by atoms with van der Waals surface area (Å²) in [6.45, 7) is 4.83. The molecular formula is C15H25N3. The van der Waals surface area contributed by atoms with Crippen molar-refractivity contribution in [3.63, 3.8) is 0 Å². The molecule has 0 bridgehead atoms. The largest absolute Gasteiger partial charge is 0.325 e. The van der Waals surface area contributed by atoms with Gasteiger partial charge in [0.15, 0.2) is 0 Å². The van der Waals surface area contributed by atoms with E-state index in [9.17, 15) is 0 Å². The molecule has 0 unspecified atom stereocenters. The van der Waals surface area contributed by atoms with Gasteiger partial charge in [0.1, 0.15) is 5.82 Å². The minimum absolute atomic E-state index is 0.515. The molecule has 1 heterocycles. The monoisotopic (exact) mass is 247 g/mol. The van der Waals surface area contributed by atoms with Crippen LogP contribution < -0.4 is 5.73 Å². The predicted octanol–water partition coefficient (Wildman–Crippen LogP) is 3.32. The molecule has 1 saturated carbocycles. The molecule has 3 heteroatoms. The van der Waals surface area contributed by atoms with Gasteiger partial charge >= 0.3 is 0 Å². The Balaban J connectivity index is 2.02. The van der Waals surface area contributed by atoms with Crippen molar-refractivity contribution in [1.29, 1.82) is 0 Å². The van der Waals surface area contributed by atoms with E-state index < -0.39 is 0 Å². The Kier molecular flexibility index (Phi) is 4.70. The zero-order chi connectivity index (χ0) is 13.0. The summed E-state index contributed by atoms with van der Waals surface area (Å²) in [7, 11) is 0. The first kappa shape index (κ1) is 13.5. The van der Waals surface area contributed by atoms with E-state index in [1.165, 1.54) is 38.5 Å². The number of aromatic nitrogens is 2. The predicted molar refractivity (Wildman–Crippen MR) is 74.3 cm³/mol. The van der Waals surface area contributed by atoms with E-state index in [4.69, 9.17) is 5.73 Å². The van der Waals surface area contributed by atoms with E-state index in [1.54, 1.807) is 0 Å². The SMILES string of the molecule is CCCC1CCC(c2nc(C)cc(CN)n2)CC1. The van der Waals surface area contributed by atoms with Crippen LogP contribution in [0.15, 0.2) is 6.07 Å². The second-order valence-corrected chi connectivity index (χ2v) is 5.57. The van der Waals surface area contributed by atoms with E-state index in [0.29, 0.717) is 12.5 Å². The van der Waals surface area contributed by atoms with Crippen molar-refractivity contribution in [2.75, 3.05) is 0 Å². The lowest BCUT2D eigenvalue weighted by Crippen LogP contribution is -2.16. The number of nitrogens with zero attached hydrogens (tertiary/aromatic N) is 2. The minimum atomic E-state index is 0.515. The Bertz CT molecular complexity index is 381. The normalized spacial score (nSPS) is 24.2. The molecular weight excluding hydrogens is 222 g/mol. The molecule has 2 N–H and O–H groups in total. The molecule has 0 spiro atoms. The van der Waals surface area contributed by atoms with Gasteiger partial charge in [-0.25, -0.2) is 9.97 Å². The van der Waals surface area contributed by atoms with Crippen LogP contribution >= 0.6 is 0 Å². The maximum atomic E-state index is 5.69. The Labute approximate surface area is 110 Å². The summed E-state index contributed by atoms with van der Waals surface area (Å²) >= 11 is 0. The van der Waals surface area contributed by atoms with Crippen molar-refractivity contribution in [1.82, 2.24) is 9.97 Å². The van der Waals surface area contributed by atoms with Crippen molar-refractivity contribution < 1.29 is 0 Å². The van der Waals surface area contributed by atoms with Crippen molar-refractivity contribution in [2.45, 2.75) is 64.8 Å². The number of aryl methyl sites for hydroxylation is 1. The summed E-state index contributed by atoms with van der Waals surface area (Å²) in [4.78, 5) is 9.22. The van der Waals surface area contributed by atoms with Crippen LogP contribution in [0.2, 0.25) is 0 Å². The van der Waals surface area contributed by atoms with Crippen LogP contribution in [0.1, 0.15) is 68.6 Å². The van der Waals surface area contributed by atoms with E-state index in [2.05, 4.69) is 16.9 Å². The highest BCUT2D eigenvalue weighted by Gasteiger charge is 2.24.